The molecule has 1 atom stereocenters. The van der Waals surface area contributed by atoms with Crippen molar-refractivity contribution >= 4 is 0 Å². The van der Waals surface area contributed by atoms with Gasteiger partial charge in [-0.15, -0.1) is 0 Å². The first kappa shape index (κ1) is 18.5. The molecule has 0 bridgehead atoms. The van der Waals surface area contributed by atoms with E-state index < -0.39 is 0 Å². The van der Waals surface area contributed by atoms with Gasteiger partial charge in [-0.25, -0.2) is 0 Å². The molecule has 0 amide bonds. The lowest BCUT2D eigenvalue weighted by Gasteiger charge is -2.35. The lowest BCUT2D eigenvalue weighted by Crippen LogP contribution is -2.28. The second-order valence-electron chi connectivity index (χ2n) is 8.81. The van der Waals surface area contributed by atoms with Crippen LogP contribution in [-0.4, -0.2) is 0 Å². The number of aryl methyl sites for hydroxylation is 2. The van der Waals surface area contributed by atoms with E-state index in [1.807, 2.05) is 0 Å². The van der Waals surface area contributed by atoms with E-state index in [2.05, 4.69) is 64.1 Å². The predicted octanol–water partition coefficient (Wildman–Crippen LogP) is 7.74. The quantitative estimate of drug-likeness (QED) is 0.351. The number of allylic oxidation sites excluding steroid dienone is 2. The summed E-state index contributed by atoms with van der Waals surface area (Å²) in [5.41, 5.74) is 12.4. The van der Waals surface area contributed by atoms with Gasteiger partial charge >= 0.3 is 0 Å². The Balaban J connectivity index is 1.77. The summed E-state index contributed by atoms with van der Waals surface area (Å²) in [6.07, 6.45) is 15.6. The Bertz CT molecular complexity index is 880. The Morgan fingerprint density at radius 3 is 2.22 bits per heavy atom. The predicted molar refractivity (Wildman–Crippen MR) is 118 cm³/mol. The molecule has 142 valence electrons. The number of fused-ring (bicyclic) bond motifs is 3. The summed E-state index contributed by atoms with van der Waals surface area (Å²) in [5, 5.41) is 0. The Morgan fingerprint density at radius 1 is 0.778 bits per heavy atom. The molecule has 0 fully saturated rings. The van der Waals surface area contributed by atoms with Gasteiger partial charge in [-0.3, -0.25) is 0 Å². The number of unbranched alkanes of at least 4 members (excludes halogenated alkanes) is 5. The molecule has 2 aromatic rings. The van der Waals surface area contributed by atoms with Crippen LogP contribution in [0.25, 0.3) is 11.1 Å². The second kappa shape index (κ2) is 7.30. The SMILES string of the molecule is CCCCCCCCC12C=CCc3c(C)ccc(c31)-c1ccc(C)c(C)c12. The Kier molecular flexibility index (Phi) is 5.01. The molecule has 0 aromatic heterocycles. The zero-order chi connectivity index (χ0) is 19.0. The molecule has 2 aliphatic rings. The van der Waals surface area contributed by atoms with E-state index in [0.29, 0.717) is 0 Å². The van der Waals surface area contributed by atoms with Crippen LogP contribution < -0.4 is 0 Å². The van der Waals surface area contributed by atoms with Crippen LogP contribution in [0, 0.1) is 20.8 Å². The first-order valence-corrected chi connectivity index (χ1v) is 11.0. The van der Waals surface area contributed by atoms with Gasteiger partial charge in [0.25, 0.3) is 0 Å². The molecular weight excluding hydrogens is 324 g/mol. The highest BCUT2D eigenvalue weighted by atomic mass is 14.5. The molecule has 0 nitrogen and oxygen atoms in total. The van der Waals surface area contributed by atoms with Crippen LogP contribution >= 0.6 is 0 Å². The molecule has 2 aliphatic carbocycles. The Hall–Kier alpha value is -1.82. The highest BCUT2D eigenvalue weighted by Crippen LogP contribution is 2.57. The maximum atomic E-state index is 2.57. The molecule has 0 saturated carbocycles. The second-order valence-corrected chi connectivity index (χ2v) is 8.81. The van der Waals surface area contributed by atoms with Gasteiger partial charge in [0.1, 0.15) is 0 Å². The summed E-state index contributed by atoms with van der Waals surface area (Å²) in [4.78, 5) is 0. The zero-order valence-corrected chi connectivity index (χ0v) is 17.6. The van der Waals surface area contributed by atoms with Crippen LogP contribution in [0.3, 0.4) is 0 Å². The summed E-state index contributed by atoms with van der Waals surface area (Å²) < 4.78 is 0. The van der Waals surface area contributed by atoms with E-state index in [9.17, 15) is 0 Å². The highest BCUT2D eigenvalue weighted by Gasteiger charge is 2.45. The molecule has 0 N–H and O–H groups in total. The molecule has 27 heavy (non-hydrogen) atoms. The highest BCUT2D eigenvalue weighted by molar-refractivity contribution is 5.86. The van der Waals surface area contributed by atoms with Crippen molar-refractivity contribution in [3.63, 3.8) is 0 Å². The third-order valence-electron chi connectivity index (χ3n) is 7.11. The summed E-state index contributed by atoms with van der Waals surface area (Å²) in [6, 6.07) is 9.44. The van der Waals surface area contributed by atoms with Crippen molar-refractivity contribution in [1.82, 2.24) is 0 Å². The van der Waals surface area contributed by atoms with Crippen molar-refractivity contribution in [3.05, 3.63) is 69.8 Å². The van der Waals surface area contributed by atoms with Crippen LogP contribution in [0.2, 0.25) is 0 Å². The maximum absolute atomic E-state index is 2.57. The number of hydrogen-bond acceptors (Lipinski definition) is 0. The number of hydrogen-bond donors (Lipinski definition) is 0. The molecule has 0 heterocycles. The van der Waals surface area contributed by atoms with Gasteiger partial charge < -0.3 is 0 Å². The van der Waals surface area contributed by atoms with Crippen LogP contribution in [0.4, 0.5) is 0 Å². The van der Waals surface area contributed by atoms with E-state index >= 15 is 0 Å². The van der Waals surface area contributed by atoms with E-state index in [-0.39, 0.29) is 5.41 Å². The topological polar surface area (TPSA) is 0 Å². The van der Waals surface area contributed by atoms with Gasteiger partial charge in [0.05, 0.1) is 0 Å². The van der Waals surface area contributed by atoms with Crippen LogP contribution in [-0.2, 0) is 11.8 Å². The molecule has 4 rings (SSSR count). The minimum atomic E-state index is 0.116. The van der Waals surface area contributed by atoms with Crippen LogP contribution in [0.15, 0.2) is 36.4 Å². The molecule has 0 heteroatoms. The Morgan fingerprint density at radius 2 is 1.44 bits per heavy atom. The van der Waals surface area contributed by atoms with Crippen molar-refractivity contribution < 1.29 is 0 Å². The summed E-state index contributed by atoms with van der Waals surface area (Å²) in [6.45, 7) is 9.21. The van der Waals surface area contributed by atoms with Gasteiger partial charge in [-0.05, 0) is 78.1 Å². The van der Waals surface area contributed by atoms with Gasteiger partial charge in [-0.2, -0.15) is 0 Å². The smallest absolute Gasteiger partial charge is 0.0400 e. The molecule has 0 spiro atoms. The van der Waals surface area contributed by atoms with Gasteiger partial charge in [-0.1, -0.05) is 81.9 Å². The fourth-order valence-corrected chi connectivity index (χ4v) is 5.55. The number of rotatable bonds is 7. The zero-order valence-electron chi connectivity index (χ0n) is 17.6. The van der Waals surface area contributed by atoms with Gasteiger partial charge in [0.15, 0.2) is 0 Å². The maximum Gasteiger partial charge on any atom is 0.0400 e. The summed E-state index contributed by atoms with van der Waals surface area (Å²) in [5.74, 6) is 0. The first-order valence-electron chi connectivity index (χ1n) is 11.0. The molecule has 0 aliphatic heterocycles. The van der Waals surface area contributed by atoms with E-state index in [4.69, 9.17) is 0 Å². The average molecular weight is 359 g/mol. The average Bonchev–Trinajstić information content (AvgIpc) is 2.96. The molecule has 1 unspecified atom stereocenters. The fraction of sp³-hybridized carbons (Fsp3) is 0.481. The molecule has 2 aromatic carbocycles. The summed E-state index contributed by atoms with van der Waals surface area (Å²) in [7, 11) is 0. The first-order chi connectivity index (χ1) is 13.1. The Labute approximate surface area is 165 Å². The normalized spacial score (nSPS) is 19.3. The molecule has 0 radical (unpaired) electrons. The van der Waals surface area contributed by atoms with Gasteiger partial charge in [0, 0.05) is 5.41 Å². The lowest BCUT2D eigenvalue weighted by molar-refractivity contribution is 0.509. The third-order valence-corrected chi connectivity index (χ3v) is 7.11. The van der Waals surface area contributed by atoms with E-state index in [1.54, 1.807) is 16.7 Å². The van der Waals surface area contributed by atoms with E-state index in [1.165, 1.54) is 72.8 Å². The van der Waals surface area contributed by atoms with E-state index in [0.717, 1.165) is 6.42 Å². The van der Waals surface area contributed by atoms with Crippen LogP contribution in [0.5, 0.6) is 0 Å². The van der Waals surface area contributed by atoms with Crippen molar-refractivity contribution in [3.8, 4) is 11.1 Å². The molecule has 0 saturated heterocycles. The lowest BCUT2D eigenvalue weighted by atomic mass is 9.68. The largest absolute Gasteiger partial charge is 0.0829 e. The standard InChI is InChI=1S/C27H34/c1-5-6-7-8-9-10-17-27-18-11-12-22-20(3)14-16-24(26(22)27)23-15-13-19(2)21(4)25(23)27/h11,13-16,18H,5-10,12,17H2,1-4H3. The monoisotopic (exact) mass is 358 g/mol. The number of benzene rings is 2. The van der Waals surface area contributed by atoms with Crippen LogP contribution in [0.1, 0.15) is 85.3 Å². The summed E-state index contributed by atoms with van der Waals surface area (Å²) >= 11 is 0. The minimum Gasteiger partial charge on any atom is -0.0829 e. The fourth-order valence-electron chi connectivity index (χ4n) is 5.55. The van der Waals surface area contributed by atoms with Gasteiger partial charge in [0.2, 0.25) is 0 Å². The minimum absolute atomic E-state index is 0.116. The van der Waals surface area contributed by atoms with Crippen molar-refractivity contribution in [2.24, 2.45) is 0 Å². The third kappa shape index (κ3) is 2.89. The van der Waals surface area contributed by atoms with Crippen molar-refractivity contribution in [2.45, 2.75) is 84.5 Å². The van der Waals surface area contributed by atoms with Crippen molar-refractivity contribution in [2.75, 3.05) is 0 Å². The molecular formula is C27H34. The van der Waals surface area contributed by atoms with Crippen molar-refractivity contribution in [1.29, 1.82) is 0 Å².